The maximum atomic E-state index is 12.8. The van der Waals surface area contributed by atoms with Gasteiger partial charge in [0, 0.05) is 0 Å². The molecule has 2 aromatic rings. The van der Waals surface area contributed by atoms with Gasteiger partial charge in [0.2, 0.25) is 0 Å². The van der Waals surface area contributed by atoms with E-state index in [1.54, 1.807) is 0 Å². The normalized spacial score (nSPS) is 10.9. The molecule has 0 radical (unpaired) electrons. The fraction of sp³-hybridized carbons (Fsp3) is 0.0714. The van der Waals surface area contributed by atoms with E-state index in [2.05, 4.69) is 15.9 Å². The molecule has 0 atom stereocenters. The van der Waals surface area contributed by atoms with Crippen molar-refractivity contribution in [2.45, 2.75) is 6.18 Å². The van der Waals surface area contributed by atoms with Crippen molar-refractivity contribution in [3.05, 3.63) is 58.1 Å². The van der Waals surface area contributed by atoms with E-state index in [1.807, 2.05) is 6.07 Å². The van der Waals surface area contributed by atoms with Crippen LogP contribution < -0.4 is 4.74 Å². The van der Waals surface area contributed by atoms with Gasteiger partial charge < -0.3 is 4.74 Å². The maximum Gasteiger partial charge on any atom is 0.419 e. The second-order valence-electron chi connectivity index (χ2n) is 3.85. The van der Waals surface area contributed by atoms with Gasteiger partial charge >= 0.3 is 6.18 Å². The lowest BCUT2D eigenvalue weighted by molar-refractivity contribution is -0.138. The van der Waals surface area contributed by atoms with Gasteiger partial charge in [0.1, 0.15) is 11.5 Å². The predicted molar refractivity (Wildman–Crippen MR) is 70.4 cm³/mol. The molecule has 0 bridgehead atoms. The molecule has 0 fully saturated rings. The summed E-state index contributed by atoms with van der Waals surface area (Å²) in [6.07, 6.45) is -4.49. The molecule has 0 saturated heterocycles. The third-order valence-corrected chi connectivity index (χ3v) is 3.09. The molecule has 0 unspecified atom stereocenters. The zero-order chi connectivity index (χ0) is 14.8. The molecule has 0 aliphatic heterocycles. The number of para-hydroxylation sites is 1. The Morgan fingerprint density at radius 3 is 2.35 bits per heavy atom. The summed E-state index contributed by atoms with van der Waals surface area (Å²) in [5.74, 6) is -0.0777. The van der Waals surface area contributed by atoms with Crippen LogP contribution in [-0.2, 0) is 6.18 Å². The molecule has 0 saturated carbocycles. The predicted octanol–water partition coefficient (Wildman–Crippen LogP) is 5.13. The van der Waals surface area contributed by atoms with Crippen LogP contribution in [0.4, 0.5) is 13.2 Å². The molecule has 0 amide bonds. The Labute approximate surface area is 121 Å². The minimum Gasteiger partial charge on any atom is -0.456 e. The standard InChI is InChI=1S/C14H7BrF3NO/c15-11-7-9(8-19)5-6-13(11)20-12-4-2-1-3-10(12)14(16,17)18/h1-7H. The van der Waals surface area contributed by atoms with Crippen molar-refractivity contribution in [3.8, 4) is 17.6 Å². The van der Waals surface area contributed by atoms with Crippen molar-refractivity contribution in [2.75, 3.05) is 0 Å². The van der Waals surface area contributed by atoms with E-state index in [-0.39, 0.29) is 11.5 Å². The third kappa shape index (κ3) is 3.11. The summed E-state index contributed by atoms with van der Waals surface area (Å²) in [5.41, 5.74) is -0.468. The topological polar surface area (TPSA) is 33.0 Å². The summed E-state index contributed by atoms with van der Waals surface area (Å²) in [4.78, 5) is 0. The minimum absolute atomic E-state index is 0.209. The average Bonchev–Trinajstić information content (AvgIpc) is 2.40. The lowest BCUT2D eigenvalue weighted by atomic mass is 10.2. The monoisotopic (exact) mass is 341 g/mol. The zero-order valence-corrected chi connectivity index (χ0v) is 11.5. The number of alkyl halides is 3. The molecule has 20 heavy (non-hydrogen) atoms. The Morgan fingerprint density at radius 2 is 1.75 bits per heavy atom. The van der Waals surface area contributed by atoms with Gasteiger partial charge in [-0.15, -0.1) is 0 Å². The zero-order valence-electron chi connectivity index (χ0n) is 9.91. The minimum atomic E-state index is -4.49. The molecular formula is C14H7BrF3NO. The number of nitriles is 1. The van der Waals surface area contributed by atoms with Crippen molar-refractivity contribution in [2.24, 2.45) is 0 Å². The second-order valence-corrected chi connectivity index (χ2v) is 4.71. The summed E-state index contributed by atoms with van der Waals surface area (Å²) < 4.78 is 44.2. The van der Waals surface area contributed by atoms with E-state index in [4.69, 9.17) is 10.00 Å². The van der Waals surface area contributed by atoms with Crippen molar-refractivity contribution < 1.29 is 17.9 Å². The van der Waals surface area contributed by atoms with Gasteiger partial charge in [0.15, 0.2) is 0 Å². The van der Waals surface area contributed by atoms with Gasteiger partial charge in [-0.3, -0.25) is 0 Å². The lowest BCUT2D eigenvalue weighted by Crippen LogP contribution is -2.06. The Morgan fingerprint density at radius 1 is 1.05 bits per heavy atom. The summed E-state index contributed by atoms with van der Waals surface area (Å²) in [5, 5.41) is 8.73. The van der Waals surface area contributed by atoms with E-state index in [0.717, 1.165) is 6.07 Å². The van der Waals surface area contributed by atoms with E-state index in [9.17, 15) is 13.2 Å². The number of halogens is 4. The van der Waals surface area contributed by atoms with Gasteiger partial charge in [-0.25, -0.2) is 0 Å². The highest BCUT2D eigenvalue weighted by Crippen LogP contribution is 2.39. The quantitative estimate of drug-likeness (QED) is 0.758. The summed E-state index contributed by atoms with van der Waals surface area (Å²) in [6, 6.07) is 11.3. The largest absolute Gasteiger partial charge is 0.456 e. The fourth-order valence-electron chi connectivity index (χ4n) is 1.56. The van der Waals surface area contributed by atoms with Gasteiger partial charge in [-0.05, 0) is 46.3 Å². The number of hydrogen-bond donors (Lipinski definition) is 0. The molecule has 2 nitrogen and oxygen atoms in total. The summed E-state index contributed by atoms with van der Waals surface area (Å²) >= 11 is 3.16. The van der Waals surface area contributed by atoms with Gasteiger partial charge in [-0.2, -0.15) is 18.4 Å². The Kier molecular flexibility index (Phi) is 4.00. The summed E-state index contributed by atoms with van der Waals surface area (Å²) in [6.45, 7) is 0. The van der Waals surface area contributed by atoms with E-state index in [1.165, 1.54) is 36.4 Å². The highest BCUT2D eigenvalue weighted by Gasteiger charge is 2.34. The van der Waals surface area contributed by atoms with Crippen LogP contribution in [0.25, 0.3) is 0 Å². The maximum absolute atomic E-state index is 12.8. The van der Waals surface area contributed by atoms with Crippen LogP contribution in [0.1, 0.15) is 11.1 Å². The van der Waals surface area contributed by atoms with E-state index < -0.39 is 11.7 Å². The van der Waals surface area contributed by atoms with Crippen molar-refractivity contribution in [1.82, 2.24) is 0 Å². The van der Waals surface area contributed by atoms with Crippen molar-refractivity contribution in [1.29, 1.82) is 5.26 Å². The van der Waals surface area contributed by atoms with Gasteiger partial charge in [0.05, 0.1) is 21.7 Å². The molecular weight excluding hydrogens is 335 g/mol. The molecule has 2 aromatic carbocycles. The highest BCUT2D eigenvalue weighted by atomic mass is 79.9. The number of rotatable bonds is 2. The number of hydrogen-bond acceptors (Lipinski definition) is 2. The Hall–Kier alpha value is -2.00. The fourth-order valence-corrected chi connectivity index (χ4v) is 2.02. The SMILES string of the molecule is N#Cc1ccc(Oc2ccccc2C(F)(F)F)c(Br)c1. The third-order valence-electron chi connectivity index (χ3n) is 2.47. The van der Waals surface area contributed by atoms with Gasteiger partial charge in [-0.1, -0.05) is 12.1 Å². The number of benzene rings is 2. The molecule has 0 heterocycles. The molecule has 0 aromatic heterocycles. The van der Waals surface area contributed by atoms with Crippen LogP contribution in [0.15, 0.2) is 46.9 Å². The van der Waals surface area contributed by atoms with Crippen LogP contribution in [0.5, 0.6) is 11.5 Å². The van der Waals surface area contributed by atoms with Gasteiger partial charge in [0.25, 0.3) is 0 Å². The van der Waals surface area contributed by atoms with Crippen LogP contribution in [-0.4, -0.2) is 0 Å². The van der Waals surface area contributed by atoms with Crippen LogP contribution >= 0.6 is 15.9 Å². The van der Waals surface area contributed by atoms with Crippen LogP contribution in [0.2, 0.25) is 0 Å². The first-order valence-electron chi connectivity index (χ1n) is 5.45. The smallest absolute Gasteiger partial charge is 0.419 e. The highest BCUT2D eigenvalue weighted by molar-refractivity contribution is 9.10. The van der Waals surface area contributed by atoms with Crippen LogP contribution in [0, 0.1) is 11.3 Å². The van der Waals surface area contributed by atoms with Crippen molar-refractivity contribution in [3.63, 3.8) is 0 Å². The Balaban J connectivity index is 2.39. The van der Waals surface area contributed by atoms with E-state index >= 15 is 0 Å². The summed E-state index contributed by atoms with van der Waals surface area (Å²) in [7, 11) is 0. The van der Waals surface area contributed by atoms with Crippen LogP contribution in [0.3, 0.4) is 0 Å². The first kappa shape index (κ1) is 14.4. The first-order chi connectivity index (χ1) is 9.41. The first-order valence-corrected chi connectivity index (χ1v) is 6.25. The Bertz CT molecular complexity index is 677. The average molecular weight is 342 g/mol. The second kappa shape index (κ2) is 5.55. The molecule has 0 aliphatic rings. The molecule has 0 N–H and O–H groups in total. The van der Waals surface area contributed by atoms with Crippen molar-refractivity contribution >= 4 is 15.9 Å². The number of nitrogens with zero attached hydrogens (tertiary/aromatic N) is 1. The molecule has 0 aliphatic carbocycles. The molecule has 2 rings (SSSR count). The van der Waals surface area contributed by atoms with E-state index in [0.29, 0.717) is 10.0 Å². The molecule has 6 heteroatoms. The lowest BCUT2D eigenvalue weighted by Gasteiger charge is -2.14. The molecule has 0 spiro atoms. The molecule has 102 valence electrons. The number of ether oxygens (including phenoxy) is 1.